The van der Waals surface area contributed by atoms with Crippen LogP contribution in [-0.2, 0) is 4.74 Å². The lowest BCUT2D eigenvalue weighted by Gasteiger charge is -2.31. The molecule has 9 heteroatoms. The highest BCUT2D eigenvalue weighted by atomic mass is 19.4. The standard InChI is InChI=1S/C20H22F3N3O3/c1-13-11-18(26-7-9-28-10-8-26)16(12-17(13)24-2)19(27)25-14-3-5-15(6-4-14)29-20(21,22)23/h3-6,11-12,24H,7-10H2,1-2H3,(H,25,27). The molecule has 1 heterocycles. The summed E-state index contributed by atoms with van der Waals surface area (Å²) in [6.45, 7) is 4.45. The van der Waals surface area contributed by atoms with Gasteiger partial charge < -0.3 is 25.0 Å². The summed E-state index contributed by atoms with van der Waals surface area (Å²) in [6, 6.07) is 8.75. The quantitative estimate of drug-likeness (QED) is 0.781. The average molecular weight is 409 g/mol. The first-order valence-electron chi connectivity index (χ1n) is 9.09. The van der Waals surface area contributed by atoms with Gasteiger partial charge in [-0.15, -0.1) is 13.2 Å². The number of aryl methyl sites for hydroxylation is 1. The van der Waals surface area contributed by atoms with Crippen molar-refractivity contribution in [3.8, 4) is 5.75 Å². The summed E-state index contributed by atoms with van der Waals surface area (Å²) in [5.74, 6) is -0.704. The number of carbonyl (C=O) groups excluding carboxylic acids is 1. The molecule has 2 aromatic carbocycles. The summed E-state index contributed by atoms with van der Waals surface area (Å²) in [6.07, 6.45) is -4.76. The maximum absolute atomic E-state index is 13.0. The second-order valence-corrected chi connectivity index (χ2v) is 6.56. The van der Waals surface area contributed by atoms with Crippen molar-refractivity contribution in [1.29, 1.82) is 0 Å². The van der Waals surface area contributed by atoms with Gasteiger partial charge in [-0.05, 0) is 48.9 Å². The van der Waals surface area contributed by atoms with E-state index in [2.05, 4.69) is 20.3 Å². The molecule has 1 saturated heterocycles. The molecule has 29 heavy (non-hydrogen) atoms. The first-order chi connectivity index (χ1) is 13.8. The fraction of sp³-hybridized carbons (Fsp3) is 0.350. The molecule has 1 aliphatic rings. The second kappa shape index (κ2) is 8.60. The monoisotopic (exact) mass is 409 g/mol. The summed E-state index contributed by atoms with van der Waals surface area (Å²) < 4.78 is 46.1. The maximum Gasteiger partial charge on any atom is 0.573 e. The van der Waals surface area contributed by atoms with E-state index in [1.807, 2.05) is 13.0 Å². The average Bonchev–Trinajstić information content (AvgIpc) is 2.68. The summed E-state index contributed by atoms with van der Waals surface area (Å²) >= 11 is 0. The number of anilines is 3. The number of morpholine rings is 1. The van der Waals surface area contributed by atoms with E-state index < -0.39 is 6.36 Å². The molecule has 156 valence electrons. The van der Waals surface area contributed by atoms with Crippen molar-refractivity contribution in [2.45, 2.75) is 13.3 Å². The zero-order valence-corrected chi connectivity index (χ0v) is 16.1. The first-order valence-corrected chi connectivity index (χ1v) is 9.09. The van der Waals surface area contributed by atoms with E-state index >= 15 is 0 Å². The van der Waals surface area contributed by atoms with Gasteiger partial charge in [0.1, 0.15) is 5.75 Å². The molecule has 6 nitrogen and oxygen atoms in total. The number of alkyl halides is 3. The number of halogens is 3. The lowest BCUT2D eigenvalue weighted by atomic mass is 10.0. The van der Waals surface area contributed by atoms with Crippen molar-refractivity contribution < 1.29 is 27.4 Å². The third kappa shape index (κ3) is 5.32. The van der Waals surface area contributed by atoms with Crippen LogP contribution in [0.15, 0.2) is 36.4 Å². The lowest BCUT2D eigenvalue weighted by Crippen LogP contribution is -2.37. The number of benzene rings is 2. The van der Waals surface area contributed by atoms with Crippen LogP contribution < -0.4 is 20.3 Å². The Morgan fingerprint density at radius 2 is 1.79 bits per heavy atom. The van der Waals surface area contributed by atoms with Crippen LogP contribution in [-0.4, -0.2) is 45.6 Å². The molecule has 0 bridgehead atoms. The van der Waals surface area contributed by atoms with Crippen LogP contribution in [0.25, 0.3) is 0 Å². The second-order valence-electron chi connectivity index (χ2n) is 6.56. The lowest BCUT2D eigenvalue weighted by molar-refractivity contribution is -0.274. The van der Waals surface area contributed by atoms with Gasteiger partial charge in [0.25, 0.3) is 5.91 Å². The summed E-state index contributed by atoms with van der Waals surface area (Å²) in [5, 5.41) is 5.80. The maximum atomic E-state index is 13.0. The minimum Gasteiger partial charge on any atom is -0.406 e. The van der Waals surface area contributed by atoms with Gasteiger partial charge in [-0.25, -0.2) is 0 Å². The van der Waals surface area contributed by atoms with Gasteiger partial charge in [0, 0.05) is 31.5 Å². The van der Waals surface area contributed by atoms with Crippen molar-refractivity contribution in [3.63, 3.8) is 0 Å². The van der Waals surface area contributed by atoms with Crippen LogP contribution in [0.3, 0.4) is 0 Å². The van der Waals surface area contributed by atoms with E-state index in [9.17, 15) is 18.0 Å². The van der Waals surface area contributed by atoms with E-state index in [1.54, 1.807) is 13.1 Å². The zero-order chi connectivity index (χ0) is 21.0. The van der Waals surface area contributed by atoms with Crippen molar-refractivity contribution in [2.75, 3.05) is 48.9 Å². The molecular formula is C20H22F3N3O3. The van der Waals surface area contributed by atoms with Crippen LogP contribution in [0.5, 0.6) is 5.75 Å². The minimum atomic E-state index is -4.76. The zero-order valence-electron chi connectivity index (χ0n) is 16.1. The third-order valence-corrected chi connectivity index (χ3v) is 4.55. The van der Waals surface area contributed by atoms with Crippen molar-refractivity contribution in [2.24, 2.45) is 0 Å². The number of nitrogens with zero attached hydrogens (tertiary/aromatic N) is 1. The molecule has 0 spiro atoms. The number of ether oxygens (including phenoxy) is 2. The van der Waals surface area contributed by atoms with Gasteiger partial charge in [-0.3, -0.25) is 4.79 Å². The Hall–Kier alpha value is -2.94. The third-order valence-electron chi connectivity index (χ3n) is 4.55. The number of carbonyl (C=O) groups is 1. The Balaban J connectivity index is 1.83. The van der Waals surface area contributed by atoms with Crippen molar-refractivity contribution in [3.05, 3.63) is 47.5 Å². The molecule has 0 aromatic heterocycles. The summed E-state index contributed by atoms with van der Waals surface area (Å²) in [4.78, 5) is 15.1. The molecule has 0 saturated carbocycles. The number of nitrogens with one attached hydrogen (secondary N) is 2. The van der Waals surface area contributed by atoms with Crippen molar-refractivity contribution in [1.82, 2.24) is 0 Å². The fourth-order valence-corrected chi connectivity index (χ4v) is 3.15. The van der Waals surface area contributed by atoms with Crippen LogP contribution >= 0.6 is 0 Å². The predicted molar refractivity (Wildman–Crippen MR) is 105 cm³/mol. The van der Waals surface area contributed by atoms with E-state index in [0.717, 1.165) is 29.1 Å². The van der Waals surface area contributed by atoms with E-state index in [-0.39, 0.29) is 11.7 Å². The van der Waals surface area contributed by atoms with Gasteiger partial charge in [0.2, 0.25) is 0 Å². The van der Waals surface area contributed by atoms with E-state index in [1.165, 1.54) is 12.1 Å². The Labute approximate surface area is 166 Å². The Morgan fingerprint density at radius 3 is 2.38 bits per heavy atom. The molecule has 3 rings (SSSR count). The van der Waals surface area contributed by atoms with Crippen LogP contribution in [0, 0.1) is 6.92 Å². The highest BCUT2D eigenvalue weighted by molar-refractivity contribution is 6.09. The highest BCUT2D eigenvalue weighted by Gasteiger charge is 2.31. The molecule has 2 aromatic rings. The van der Waals surface area contributed by atoms with Gasteiger partial charge >= 0.3 is 6.36 Å². The topological polar surface area (TPSA) is 62.8 Å². The summed E-state index contributed by atoms with van der Waals surface area (Å²) in [5.41, 5.74) is 3.45. The van der Waals surface area contributed by atoms with Crippen LogP contribution in [0.2, 0.25) is 0 Å². The molecular weight excluding hydrogens is 387 g/mol. The molecule has 2 N–H and O–H groups in total. The van der Waals surface area contributed by atoms with Gasteiger partial charge in [-0.1, -0.05) is 0 Å². The number of hydrogen-bond acceptors (Lipinski definition) is 5. The molecule has 1 fully saturated rings. The molecule has 0 atom stereocenters. The predicted octanol–water partition coefficient (Wildman–Crippen LogP) is 4.02. The van der Waals surface area contributed by atoms with Gasteiger partial charge in [-0.2, -0.15) is 0 Å². The minimum absolute atomic E-state index is 0.350. The molecule has 0 radical (unpaired) electrons. The number of amides is 1. The largest absolute Gasteiger partial charge is 0.573 e. The molecule has 1 amide bonds. The first kappa shape index (κ1) is 20.8. The number of rotatable bonds is 5. The van der Waals surface area contributed by atoms with Gasteiger partial charge in [0.15, 0.2) is 0 Å². The van der Waals surface area contributed by atoms with Gasteiger partial charge in [0.05, 0.1) is 24.5 Å². The molecule has 0 aliphatic carbocycles. The Bertz CT molecular complexity index is 864. The highest BCUT2D eigenvalue weighted by Crippen LogP contribution is 2.30. The van der Waals surface area contributed by atoms with E-state index in [0.29, 0.717) is 37.6 Å². The smallest absolute Gasteiger partial charge is 0.406 e. The normalized spacial score (nSPS) is 14.4. The number of hydrogen-bond donors (Lipinski definition) is 2. The molecule has 1 aliphatic heterocycles. The van der Waals surface area contributed by atoms with Crippen LogP contribution in [0.4, 0.5) is 30.2 Å². The molecule has 0 unspecified atom stereocenters. The van der Waals surface area contributed by atoms with Crippen molar-refractivity contribution >= 4 is 23.0 Å². The van der Waals surface area contributed by atoms with E-state index in [4.69, 9.17) is 4.74 Å². The Morgan fingerprint density at radius 1 is 1.14 bits per heavy atom. The SMILES string of the molecule is CNc1cc(C(=O)Nc2ccc(OC(F)(F)F)cc2)c(N2CCOCC2)cc1C. The fourth-order valence-electron chi connectivity index (χ4n) is 3.15. The van der Waals surface area contributed by atoms with Crippen LogP contribution in [0.1, 0.15) is 15.9 Å². The Kier molecular flexibility index (Phi) is 6.17. The summed E-state index contributed by atoms with van der Waals surface area (Å²) in [7, 11) is 1.78.